The zero-order valence-corrected chi connectivity index (χ0v) is 16.2. The van der Waals surface area contributed by atoms with E-state index in [-0.39, 0.29) is 23.8 Å². The maximum Gasteiger partial charge on any atom is 0.240 e. The van der Waals surface area contributed by atoms with Gasteiger partial charge in [-0.2, -0.15) is 0 Å². The van der Waals surface area contributed by atoms with Crippen molar-refractivity contribution in [2.75, 3.05) is 6.54 Å². The molecule has 1 amide bonds. The molecular formula is C21H30N4O. The van der Waals surface area contributed by atoms with Crippen LogP contribution in [0.4, 0.5) is 0 Å². The number of rotatable bonds is 5. The molecule has 0 fully saturated rings. The second-order valence-electron chi connectivity index (χ2n) is 7.68. The summed E-state index contributed by atoms with van der Waals surface area (Å²) in [5, 5.41) is 0. The standard InChI is InChI=1S/C21H30N4O/c1-5-15(4)18(22)21(26)25-12-11-24-13-17(16-9-7-6-8-10-16)23-20(24)19(25)14(2)3/h6-10,13-15,18-19H,5,11-12,22H2,1-4H3/t15-,18+,19-/m1/s1. The molecule has 2 aromatic rings. The van der Waals surface area contributed by atoms with Crippen molar-refractivity contribution in [2.24, 2.45) is 17.6 Å². The Kier molecular flexibility index (Phi) is 5.47. The first-order chi connectivity index (χ1) is 12.4. The van der Waals surface area contributed by atoms with Crippen LogP contribution in [-0.2, 0) is 11.3 Å². The second kappa shape index (κ2) is 7.62. The molecule has 0 spiro atoms. The molecule has 1 aromatic heterocycles. The van der Waals surface area contributed by atoms with Gasteiger partial charge in [-0.1, -0.05) is 64.4 Å². The molecule has 1 aromatic carbocycles. The highest BCUT2D eigenvalue weighted by molar-refractivity contribution is 5.82. The van der Waals surface area contributed by atoms with Gasteiger partial charge in [0.05, 0.1) is 17.8 Å². The van der Waals surface area contributed by atoms with Crippen LogP contribution in [0.25, 0.3) is 11.3 Å². The maximum absolute atomic E-state index is 13.1. The second-order valence-corrected chi connectivity index (χ2v) is 7.68. The molecule has 2 heterocycles. The van der Waals surface area contributed by atoms with E-state index in [1.54, 1.807) is 0 Å². The molecule has 5 nitrogen and oxygen atoms in total. The van der Waals surface area contributed by atoms with E-state index >= 15 is 0 Å². The van der Waals surface area contributed by atoms with Crippen molar-refractivity contribution in [1.29, 1.82) is 0 Å². The van der Waals surface area contributed by atoms with Crippen molar-refractivity contribution in [3.05, 3.63) is 42.4 Å². The number of nitrogens with zero attached hydrogens (tertiary/aromatic N) is 3. The van der Waals surface area contributed by atoms with Gasteiger partial charge < -0.3 is 15.2 Å². The Morgan fingerprint density at radius 2 is 1.92 bits per heavy atom. The minimum atomic E-state index is -0.448. The summed E-state index contributed by atoms with van der Waals surface area (Å²) in [4.78, 5) is 19.9. The van der Waals surface area contributed by atoms with E-state index in [4.69, 9.17) is 10.7 Å². The number of hydrogen-bond donors (Lipinski definition) is 1. The summed E-state index contributed by atoms with van der Waals surface area (Å²) in [6.45, 7) is 9.86. The van der Waals surface area contributed by atoms with Crippen LogP contribution >= 0.6 is 0 Å². The minimum absolute atomic E-state index is 0.0381. The number of carbonyl (C=O) groups excluding carboxylic acids is 1. The molecule has 0 saturated heterocycles. The fraction of sp³-hybridized carbons (Fsp3) is 0.524. The fourth-order valence-corrected chi connectivity index (χ4v) is 3.68. The molecule has 1 aliphatic heterocycles. The number of amides is 1. The van der Waals surface area contributed by atoms with Crippen molar-refractivity contribution in [1.82, 2.24) is 14.5 Å². The third-order valence-electron chi connectivity index (χ3n) is 5.52. The summed E-state index contributed by atoms with van der Waals surface area (Å²) < 4.78 is 2.20. The lowest BCUT2D eigenvalue weighted by Gasteiger charge is -2.40. The van der Waals surface area contributed by atoms with Gasteiger partial charge >= 0.3 is 0 Å². The number of nitrogens with two attached hydrogens (primary N) is 1. The van der Waals surface area contributed by atoms with Crippen LogP contribution in [0, 0.1) is 11.8 Å². The van der Waals surface area contributed by atoms with Crippen molar-refractivity contribution in [3.63, 3.8) is 0 Å². The fourth-order valence-electron chi connectivity index (χ4n) is 3.68. The van der Waals surface area contributed by atoms with Crippen LogP contribution in [0.2, 0.25) is 0 Å². The van der Waals surface area contributed by atoms with Gasteiger partial charge in [0.25, 0.3) is 0 Å². The number of carbonyl (C=O) groups is 1. The molecule has 0 radical (unpaired) electrons. The van der Waals surface area contributed by atoms with Gasteiger partial charge in [0.15, 0.2) is 0 Å². The van der Waals surface area contributed by atoms with E-state index in [9.17, 15) is 4.79 Å². The Bertz CT molecular complexity index is 753. The molecular weight excluding hydrogens is 324 g/mol. The van der Waals surface area contributed by atoms with Crippen LogP contribution in [0.3, 0.4) is 0 Å². The number of hydrogen-bond acceptors (Lipinski definition) is 3. The monoisotopic (exact) mass is 354 g/mol. The average Bonchev–Trinajstić information content (AvgIpc) is 3.10. The predicted octanol–water partition coefficient (Wildman–Crippen LogP) is 3.46. The average molecular weight is 354 g/mol. The van der Waals surface area contributed by atoms with E-state index in [2.05, 4.69) is 43.7 Å². The lowest BCUT2D eigenvalue weighted by atomic mass is 9.94. The first-order valence-corrected chi connectivity index (χ1v) is 9.62. The summed E-state index contributed by atoms with van der Waals surface area (Å²) in [7, 11) is 0. The van der Waals surface area contributed by atoms with E-state index in [0.717, 1.165) is 30.0 Å². The molecule has 0 aliphatic carbocycles. The lowest BCUT2D eigenvalue weighted by Crippen LogP contribution is -2.52. The molecule has 26 heavy (non-hydrogen) atoms. The highest BCUT2D eigenvalue weighted by Crippen LogP contribution is 2.34. The Hall–Kier alpha value is -2.14. The Morgan fingerprint density at radius 1 is 1.23 bits per heavy atom. The van der Waals surface area contributed by atoms with Gasteiger partial charge in [-0.15, -0.1) is 0 Å². The molecule has 0 bridgehead atoms. The van der Waals surface area contributed by atoms with Crippen molar-refractivity contribution in [3.8, 4) is 11.3 Å². The molecule has 3 rings (SSSR count). The van der Waals surface area contributed by atoms with Crippen LogP contribution in [-0.4, -0.2) is 32.9 Å². The molecule has 2 N–H and O–H groups in total. The summed E-state index contributed by atoms with van der Waals surface area (Å²) in [6.07, 6.45) is 3.01. The van der Waals surface area contributed by atoms with E-state index in [0.29, 0.717) is 6.54 Å². The SMILES string of the molecule is CC[C@@H](C)[C@H](N)C(=O)N1CCn2cc(-c3ccccc3)nc2[C@H]1C(C)C. The van der Waals surface area contributed by atoms with Crippen molar-refractivity contribution in [2.45, 2.75) is 52.7 Å². The topological polar surface area (TPSA) is 64.2 Å². The van der Waals surface area contributed by atoms with Crippen LogP contribution in [0.5, 0.6) is 0 Å². The first kappa shape index (κ1) is 18.6. The Labute approximate surface area is 156 Å². The van der Waals surface area contributed by atoms with Gasteiger partial charge in [0, 0.05) is 24.8 Å². The van der Waals surface area contributed by atoms with Gasteiger partial charge in [-0.3, -0.25) is 4.79 Å². The molecule has 5 heteroatoms. The third kappa shape index (κ3) is 3.40. The Morgan fingerprint density at radius 3 is 2.54 bits per heavy atom. The summed E-state index contributed by atoms with van der Waals surface area (Å²) >= 11 is 0. The minimum Gasteiger partial charge on any atom is -0.331 e. The normalized spacial score (nSPS) is 19.3. The Balaban J connectivity index is 1.94. The molecule has 3 atom stereocenters. The molecule has 0 saturated carbocycles. The van der Waals surface area contributed by atoms with Crippen molar-refractivity contribution < 1.29 is 4.79 Å². The summed E-state index contributed by atoms with van der Waals surface area (Å²) in [6, 6.07) is 9.71. The largest absolute Gasteiger partial charge is 0.331 e. The predicted molar refractivity (Wildman–Crippen MR) is 104 cm³/mol. The number of fused-ring (bicyclic) bond motifs is 1. The van der Waals surface area contributed by atoms with E-state index < -0.39 is 6.04 Å². The zero-order chi connectivity index (χ0) is 18.8. The maximum atomic E-state index is 13.1. The number of aromatic nitrogens is 2. The van der Waals surface area contributed by atoms with Gasteiger partial charge in [-0.05, 0) is 11.8 Å². The third-order valence-corrected chi connectivity index (χ3v) is 5.52. The first-order valence-electron chi connectivity index (χ1n) is 9.62. The zero-order valence-electron chi connectivity index (χ0n) is 16.2. The molecule has 140 valence electrons. The van der Waals surface area contributed by atoms with Crippen LogP contribution < -0.4 is 5.73 Å². The highest BCUT2D eigenvalue weighted by Gasteiger charge is 2.37. The molecule has 1 aliphatic rings. The lowest BCUT2D eigenvalue weighted by molar-refractivity contribution is -0.138. The van der Waals surface area contributed by atoms with Crippen LogP contribution in [0.1, 0.15) is 46.0 Å². The molecule has 0 unspecified atom stereocenters. The summed E-state index contributed by atoms with van der Waals surface area (Å²) in [5.74, 6) is 1.47. The number of imidazole rings is 1. The highest BCUT2D eigenvalue weighted by atomic mass is 16.2. The van der Waals surface area contributed by atoms with Gasteiger partial charge in [0.1, 0.15) is 5.82 Å². The van der Waals surface area contributed by atoms with Crippen molar-refractivity contribution >= 4 is 5.91 Å². The van der Waals surface area contributed by atoms with Gasteiger partial charge in [0.2, 0.25) is 5.91 Å². The van der Waals surface area contributed by atoms with Gasteiger partial charge in [-0.25, -0.2) is 4.98 Å². The summed E-state index contributed by atoms with van der Waals surface area (Å²) in [5.41, 5.74) is 8.33. The van der Waals surface area contributed by atoms with E-state index in [1.807, 2.05) is 30.0 Å². The van der Waals surface area contributed by atoms with E-state index in [1.165, 1.54) is 0 Å². The smallest absolute Gasteiger partial charge is 0.240 e. The number of benzene rings is 1. The van der Waals surface area contributed by atoms with Crippen LogP contribution in [0.15, 0.2) is 36.5 Å². The quantitative estimate of drug-likeness (QED) is 0.894.